The molecule has 0 unspecified atom stereocenters. The molecule has 0 heterocycles. The van der Waals surface area contributed by atoms with Crippen LogP contribution in [0, 0.1) is 6.92 Å². The van der Waals surface area contributed by atoms with Gasteiger partial charge in [-0.3, -0.25) is 0 Å². The topological polar surface area (TPSA) is 35.2 Å². The summed E-state index contributed by atoms with van der Waals surface area (Å²) in [6, 6.07) is 13.3. The molecule has 0 aliphatic rings. The molecule has 2 aromatic carbocycles. The zero-order chi connectivity index (χ0) is 13.1. The lowest BCUT2D eigenvalue weighted by molar-refractivity contribution is 0.472. The van der Waals surface area contributed by atoms with Crippen LogP contribution in [0.4, 0.5) is 0 Å². The largest absolute Gasteiger partial charge is 0.457 e. The number of hydrogen-bond acceptors (Lipinski definition) is 2. The van der Waals surface area contributed by atoms with Crippen LogP contribution in [0.5, 0.6) is 11.5 Å². The maximum Gasteiger partial charge on any atom is 0.132 e. The van der Waals surface area contributed by atoms with E-state index in [-0.39, 0.29) is 6.04 Å². The van der Waals surface area contributed by atoms with E-state index in [1.54, 1.807) is 0 Å². The predicted octanol–water partition coefficient (Wildman–Crippen LogP) is 4.46. The molecule has 18 heavy (non-hydrogen) atoms. The van der Waals surface area contributed by atoms with Crippen LogP contribution in [0.2, 0.25) is 5.02 Å². The lowest BCUT2D eigenvalue weighted by atomic mass is 10.1. The molecular formula is C15H16ClNO. The highest BCUT2D eigenvalue weighted by Gasteiger charge is 2.08. The summed E-state index contributed by atoms with van der Waals surface area (Å²) in [6.07, 6.45) is 0. The van der Waals surface area contributed by atoms with Crippen molar-refractivity contribution in [3.63, 3.8) is 0 Å². The minimum Gasteiger partial charge on any atom is -0.457 e. The number of nitrogens with two attached hydrogens (primary N) is 1. The summed E-state index contributed by atoms with van der Waals surface area (Å²) >= 11 is 5.99. The second-order valence-electron chi connectivity index (χ2n) is 4.34. The zero-order valence-electron chi connectivity index (χ0n) is 10.5. The summed E-state index contributed by atoms with van der Waals surface area (Å²) in [7, 11) is 0. The van der Waals surface area contributed by atoms with Crippen LogP contribution in [-0.2, 0) is 0 Å². The number of hydrogen-bond donors (Lipinski definition) is 1. The van der Waals surface area contributed by atoms with Gasteiger partial charge in [0.1, 0.15) is 11.5 Å². The molecular weight excluding hydrogens is 246 g/mol. The Labute approximate surface area is 112 Å². The highest BCUT2D eigenvalue weighted by Crippen LogP contribution is 2.30. The summed E-state index contributed by atoms with van der Waals surface area (Å²) in [5, 5.41) is 0.739. The average Bonchev–Trinajstić information content (AvgIpc) is 2.34. The van der Waals surface area contributed by atoms with Gasteiger partial charge in [0.15, 0.2) is 0 Å². The summed E-state index contributed by atoms with van der Waals surface area (Å²) in [4.78, 5) is 0. The van der Waals surface area contributed by atoms with Gasteiger partial charge in [-0.15, -0.1) is 0 Å². The number of ether oxygens (including phenoxy) is 1. The molecule has 0 radical (unpaired) electrons. The minimum atomic E-state index is -0.0606. The third-order valence-electron chi connectivity index (χ3n) is 2.77. The van der Waals surface area contributed by atoms with Crippen LogP contribution in [0.15, 0.2) is 42.5 Å². The van der Waals surface area contributed by atoms with Gasteiger partial charge < -0.3 is 10.5 Å². The Morgan fingerprint density at radius 1 is 1.17 bits per heavy atom. The van der Waals surface area contributed by atoms with E-state index in [4.69, 9.17) is 22.1 Å². The van der Waals surface area contributed by atoms with Gasteiger partial charge in [0, 0.05) is 16.6 Å². The third-order valence-corrected chi connectivity index (χ3v) is 3.19. The van der Waals surface area contributed by atoms with Crippen LogP contribution < -0.4 is 10.5 Å². The van der Waals surface area contributed by atoms with Crippen molar-refractivity contribution in [3.8, 4) is 11.5 Å². The number of aryl methyl sites for hydroxylation is 1. The number of halogens is 1. The van der Waals surface area contributed by atoms with Crippen molar-refractivity contribution in [2.24, 2.45) is 5.73 Å². The van der Waals surface area contributed by atoms with E-state index in [2.05, 4.69) is 0 Å². The van der Waals surface area contributed by atoms with Gasteiger partial charge in [0.05, 0.1) is 0 Å². The lowest BCUT2D eigenvalue weighted by Crippen LogP contribution is -2.06. The Hall–Kier alpha value is -1.51. The fourth-order valence-corrected chi connectivity index (χ4v) is 1.87. The molecule has 2 rings (SSSR count). The van der Waals surface area contributed by atoms with Crippen molar-refractivity contribution in [1.29, 1.82) is 0 Å². The quantitative estimate of drug-likeness (QED) is 0.885. The zero-order valence-corrected chi connectivity index (χ0v) is 11.2. The van der Waals surface area contributed by atoms with Crippen molar-refractivity contribution in [1.82, 2.24) is 0 Å². The first kappa shape index (κ1) is 12.9. The SMILES string of the molecule is Cc1cc(Oc2ccccc2[C@H](C)N)ccc1Cl. The van der Waals surface area contributed by atoms with E-state index < -0.39 is 0 Å². The molecule has 1 atom stereocenters. The Morgan fingerprint density at radius 3 is 2.56 bits per heavy atom. The number of benzene rings is 2. The van der Waals surface area contributed by atoms with E-state index in [1.807, 2.05) is 56.3 Å². The predicted molar refractivity (Wildman–Crippen MR) is 75.3 cm³/mol. The second-order valence-corrected chi connectivity index (χ2v) is 4.75. The first-order valence-electron chi connectivity index (χ1n) is 5.86. The Balaban J connectivity index is 2.31. The second kappa shape index (κ2) is 5.42. The van der Waals surface area contributed by atoms with Gasteiger partial charge in [-0.1, -0.05) is 29.8 Å². The van der Waals surface area contributed by atoms with Crippen molar-refractivity contribution < 1.29 is 4.74 Å². The van der Waals surface area contributed by atoms with Crippen molar-refractivity contribution in [2.75, 3.05) is 0 Å². The number of para-hydroxylation sites is 1. The fraction of sp³-hybridized carbons (Fsp3) is 0.200. The van der Waals surface area contributed by atoms with Crippen LogP contribution in [0.1, 0.15) is 24.1 Å². The van der Waals surface area contributed by atoms with Gasteiger partial charge in [-0.25, -0.2) is 0 Å². The van der Waals surface area contributed by atoms with Gasteiger partial charge in [0.2, 0.25) is 0 Å². The molecule has 2 N–H and O–H groups in total. The highest BCUT2D eigenvalue weighted by atomic mass is 35.5. The van der Waals surface area contributed by atoms with E-state index in [1.165, 1.54) is 0 Å². The lowest BCUT2D eigenvalue weighted by Gasteiger charge is -2.14. The minimum absolute atomic E-state index is 0.0606. The van der Waals surface area contributed by atoms with Crippen molar-refractivity contribution in [2.45, 2.75) is 19.9 Å². The van der Waals surface area contributed by atoms with E-state index >= 15 is 0 Å². The highest BCUT2D eigenvalue weighted by molar-refractivity contribution is 6.31. The van der Waals surface area contributed by atoms with Gasteiger partial charge in [-0.05, 0) is 43.7 Å². The molecule has 2 aromatic rings. The molecule has 0 aromatic heterocycles. The first-order chi connectivity index (χ1) is 8.58. The Bertz CT molecular complexity index is 552. The smallest absolute Gasteiger partial charge is 0.132 e. The third kappa shape index (κ3) is 2.84. The number of rotatable bonds is 3. The normalized spacial score (nSPS) is 12.2. The van der Waals surface area contributed by atoms with Crippen molar-refractivity contribution in [3.05, 3.63) is 58.6 Å². The fourth-order valence-electron chi connectivity index (χ4n) is 1.76. The molecule has 0 amide bonds. The first-order valence-corrected chi connectivity index (χ1v) is 6.24. The van der Waals surface area contributed by atoms with E-state index in [0.717, 1.165) is 27.6 Å². The standard InChI is InChI=1S/C15H16ClNO/c1-10-9-12(7-8-14(10)16)18-15-6-4-3-5-13(15)11(2)17/h3-9,11H,17H2,1-2H3/t11-/m0/s1. The molecule has 94 valence electrons. The van der Waals surface area contributed by atoms with Crippen molar-refractivity contribution >= 4 is 11.6 Å². The monoisotopic (exact) mass is 261 g/mol. The molecule has 0 fully saturated rings. The summed E-state index contributed by atoms with van der Waals surface area (Å²) in [5.74, 6) is 1.55. The summed E-state index contributed by atoms with van der Waals surface area (Å²) in [6.45, 7) is 3.89. The van der Waals surface area contributed by atoms with Crippen LogP contribution >= 0.6 is 11.6 Å². The average molecular weight is 262 g/mol. The molecule has 3 heteroatoms. The van der Waals surface area contributed by atoms with Gasteiger partial charge >= 0.3 is 0 Å². The molecule has 0 spiro atoms. The summed E-state index contributed by atoms with van der Waals surface area (Å²) in [5.41, 5.74) is 7.90. The summed E-state index contributed by atoms with van der Waals surface area (Å²) < 4.78 is 5.87. The molecule has 0 bridgehead atoms. The Kier molecular flexibility index (Phi) is 3.90. The van der Waals surface area contributed by atoms with Gasteiger partial charge in [-0.2, -0.15) is 0 Å². The molecule has 0 aliphatic carbocycles. The molecule has 0 saturated heterocycles. The van der Waals surface area contributed by atoms with Crippen LogP contribution in [-0.4, -0.2) is 0 Å². The molecule has 2 nitrogen and oxygen atoms in total. The van der Waals surface area contributed by atoms with E-state index in [0.29, 0.717) is 0 Å². The van der Waals surface area contributed by atoms with E-state index in [9.17, 15) is 0 Å². The molecule has 0 saturated carbocycles. The maximum absolute atomic E-state index is 5.99. The van der Waals surface area contributed by atoms with Crippen LogP contribution in [0.3, 0.4) is 0 Å². The maximum atomic E-state index is 5.99. The molecule has 0 aliphatic heterocycles. The van der Waals surface area contributed by atoms with Crippen LogP contribution in [0.25, 0.3) is 0 Å². The van der Waals surface area contributed by atoms with Gasteiger partial charge in [0.25, 0.3) is 0 Å². The Morgan fingerprint density at radius 2 is 1.89 bits per heavy atom.